The number of nitrogens with one attached hydrogen (secondary N) is 2. The smallest absolute Gasteiger partial charge is 0.254 e. The third-order valence-corrected chi connectivity index (χ3v) is 5.13. The highest BCUT2D eigenvalue weighted by Crippen LogP contribution is 2.26. The van der Waals surface area contributed by atoms with Crippen molar-refractivity contribution in [3.05, 3.63) is 41.9 Å². The number of allylic oxidation sites excluding steroid dienone is 1. The molecule has 2 amide bonds. The van der Waals surface area contributed by atoms with Crippen LogP contribution in [0.25, 0.3) is 22.3 Å². The Morgan fingerprint density at radius 3 is 2.77 bits per heavy atom. The molecule has 9 heteroatoms. The van der Waals surface area contributed by atoms with Gasteiger partial charge in [0.2, 0.25) is 0 Å². The molecule has 1 aliphatic rings. The Labute approximate surface area is 173 Å². The van der Waals surface area contributed by atoms with Gasteiger partial charge in [-0.1, -0.05) is 5.57 Å². The SMILES string of the molecule is CC1=CC(C)=NC(=O)C1CNC(=O)c1cc(-c2cn[nH]c2)nc2c1cnn2C(C)C. The lowest BCUT2D eigenvalue weighted by molar-refractivity contribution is -0.120. The molecule has 0 aromatic carbocycles. The molecule has 3 aromatic rings. The van der Waals surface area contributed by atoms with Crippen LogP contribution in [0.15, 0.2) is 41.3 Å². The molecule has 1 aliphatic heterocycles. The number of pyridine rings is 1. The van der Waals surface area contributed by atoms with Crippen molar-refractivity contribution in [1.82, 2.24) is 30.3 Å². The average Bonchev–Trinajstić information content (AvgIpc) is 3.35. The lowest BCUT2D eigenvalue weighted by Crippen LogP contribution is -2.34. The zero-order valence-corrected chi connectivity index (χ0v) is 17.3. The van der Waals surface area contributed by atoms with Gasteiger partial charge in [-0.3, -0.25) is 14.7 Å². The maximum atomic E-state index is 13.1. The zero-order chi connectivity index (χ0) is 21.4. The summed E-state index contributed by atoms with van der Waals surface area (Å²) in [6.07, 6.45) is 6.90. The normalized spacial score (nSPS) is 16.7. The minimum absolute atomic E-state index is 0.0826. The van der Waals surface area contributed by atoms with Crippen molar-refractivity contribution in [2.45, 2.75) is 33.7 Å². The second-order valence-electron chi connectivity index (χ2n) is 7.70. The van der Waals surface area contributed by atoms with Crippen LogP contribution in [0.3, 0.4) is 0 Å². The first-order chi connectivity index (χ1) is 14.3. The number of aromatic amines is 1. The second-order valence-corrected chi connectivity index (χ2v) is 7.70. The van der Waals surface area contributed by atoms with Gasteiger partial charge in [-0.05, 0) is 39.8 Å². The lowest BCUT2D eigenvalue weighted by Gasteiger charge is -2.19. The molecule has 2 N–H and O–H groups in total. The number of hydrogen-bond acceptors (Lipinski definition) is 5. The van der Waals surface area contributed by atoms with Crippen molar-refractivity contribution in [1.29, 1.82) is 0 Å². The van der Waals surface area contributed by atoms with E-state index in [1.165, 1.54) is 0 Å². The molecule has 9 nitrogen and oxygen atoms in total. The summed E-state index contributed by atoms with van der Waals surface area (Å²) in [4.78, 5) is 34.1. The van der Waals surface area contributed by atoms with Gasteiger partial charge in [0.25, 0.3) is 11.8 Å². The zero-order valence-electron chi connectivity index (χ0n) is 17.3. The predicted molar refractivity (Wildman–Crippen MR) is 113 cm³/mol. The van der Waals surface area contributed by atoms with Gasteiger partial charge in [0.05, 0.1) is 35.0 Å². The highest BCUT2D eigenvalue weighted by molar-refractivity contribution is 6.08. The van der Waals surface area contributed by atoms with Crippen LogP contribution in [-0.2, 0) is 4.79 Å². The summed E-state index contributed by atoms with van der Waals surface area (Å²) in [5, 5.41) is 14.7. The predicted octanol–water partition coefficient (Wildman–Crippen LogP) is 2.70. The van der Waals surface area contributed by atoms with E-state index in [0.717, 1.165) is 11.1 Å². The van der Waals surface area contributed by atoms with E-state index in [-0.39, 0.29) is 24.4 Å². The fraction of sp³-hybridized carbons (Fsp3) is 0.333. The third kappa shape index (κ3) is 3.54. The van der Waals surface area contributed by atoms with Gasteiger partial charge in [-0.15, -0.1) is 0 Å². The van der Waals surface area contributed by atoms with Crippen LogP contribution >= 0.6 is 0 Å². The molecule has 1 atom stereocenters. The van der Waals surface area contributed by atoms with E-state index in [2.05, 4.69) is 25.6 Å². The summed E-state index contributed by atoms with van der Waals surface area (Å²) in [7, 11) is 0. The molecule has 0 radical (unpaired) electrons. The molecule has 30 heavy (non-hydrogen) atoms. The Balaban J connectivity index is 1.68. The molecular formula is C21H23N7O2. The molecule has 0 saturated heterocycles. The quantitative estimate of drug-likeness (QED) is 0.677. The highest BCUT2D eigenvalue weighted by Gasteiger charge is 2.25. The van der Waals surface area contributed by atoms with Gasteiger partial charge in [-0.2, -0.15) is 10.2 Å². The molecule has 4 rings (SSSR count). The Bertz CT molecular complexity index is 1190. The molecule has 0 bridgehead atoms. The van der Waals surface area contributed by atoms with E-state index < -0.39 is 5.92 Å². The number of carbonyl (C=O) groups excluding carboxylic acids is 2. The van der Waals surface area contributed by atoms with Gasteiger partial charge in [-0.25, -0.2) is 14.7 Å². The molecule has 0 aliphatic carbocycles. The monoisotopic (exact) mass is 405 g/mol. The van der Waals surface area contributed by atoms with Gasteiger partial charge in [0.1, 0.15) is 0 Å². The van der Waals surface area contributed by atoms with Crippen LogP contribution in [0.4, 0.5) is 0 Å². The molecule has 0 spiro atoms. The number of H-pyrrole nitrogens is 1. The van der Waals surface area contributed by atoms with E-state index in [0.29, 0.717) is 28.0 Å². The molecule has 154 valence electrons. The lowest BCUT2D eigenvalue weighted by atomic mass is 9.95. The van der Waals surface area contributed by atoms with Crippen molar-refractivity contribution in [3.8, 4) is 11.3 Å². The van der Waals surface area contributed by atoms with E-state index in [1.807, 2.05) is 26.8 Å². The molecule has 4 heterocycles. The number of nitrogens with zero attached hydrogens (tertiary/aromatic N) is 5. The maximum Gasteiger partial charge on any atom is 0.254 e. The van der Waals surface area contributed by atoms with Crippen LogP contribution in [-0.4, -0.2) is 49.0 Å². The minimum atomic E-state index is -0.457. The highest BCUT2D eigenvalue weighted by atomic mass is 16.2. The van der Waals surface area contributed by atoms with Gasteiger partial charge in [0, 0.05) is 30.1 Å². The number of amides is 2. The standard InChI is InChI=1S/C21H23N7O2/c1-11(2)28-19-17(10-25-28)15(6-18(27-19)14-7-23-24-8-14)20(29)22-9-16-12(3)5-13(4)26-21(16)30/h5-8,10-11,16H,9H2,1-4H3,(H,22,29)(H,23,24). The fourth-order valence-corrected chi connectivity index (χ4v) is 3.57. The first kappa shape index (κ1) is 19.7. The summed E-state index contributed by atoms with van der Waals surface area (Å²) in [5.41, 5.74) is 4.04. The Hall–Kier alpha value is -3.62. The largest absolute Gasteiger partial charge is 0.351 e. The molecule has 0 saturated carbocycles. The van der Waals surface area contributed by atoms with Crippen LogP contribution in [0.5, 0.6) is 0 Å². The van der Waals surface area contributed by atoms with Crippen LogP contribution < -0.4 is 5.32 Å². The number of aromatic nitrogens is 5. The number of fused-ring (bicyclic) bond motifs is 1. The van der Waals surface area contributed by atoms with Gasteiger partial charge < -0.3 is 5.32 Å². The second kappa shape index (κ2) is 7.66. The van der Waals surface area contributed by atoms with Gasteiger partial charge in [0.15, 0.2) is 5.65 Å². The average molecular weight is 405 g/mol. The van der Waals surface area contributed by atoms with Crippen molar-refractivity contribution in [2.24, 2.45) is 10.9 Å². The number of dihydropyridines is 1. The maximum absolute atomic E-state index is 13.1. The topological polar surface area (TPSA) is 118 Å². The van der Waals surface area contributed by atoms with E-state index in [1.54, 1.807) is 36.3 Å². The van der Waals surface area contributed by atoms with Crippen LogP contribution in [0, 0.1) is 5.92 Å². The molecule has 0 fully saturated rings. The van der Waals surface area contributed by atoms with E-state index >= 15 is 0 Å². The van der Waals surface area contributed by atoms with Crippen molar-refractivity contribution in [2.75, 3.05) is 6.54 Å². The summed E-state index contributed by atoms with van der Waals surface area (Å²) >= 11 is 0. The summed E-state index contributed by atoms with van der Waals surface area (Å²) in [6, 6.07) is 1.81. The molecular weight excluding hydrogens is 382 g/mol. The third-order valence-electron chi connectivity index (χ3n) is 5.13. The summed E-state index contributed by atoms with van der Waals surface area (Å²) < 4.78 is 1.78. The number of hydrogen-bond donors (Lipinski definition) is 2. The van der Waals surface area contributed by atoms with Crippen LogP contribution in [0.2, 0.25) is 0 Å². The van der Waals surface area contributed by atoms with Crippen molar-refractivity contribution >= 4 is 28.6 Å². The summed E-state index contributed by atoms with van der Waals surface area (Å²) in [5.74, 6) is -0.983. The van der Waals surface area contributed by atoms with Crippen molar-refractivity contribution < 1.29 is 9.59 Å². The summed E-state index contributed by atoms with van der Waals surface area (Å²) in [6.45, 7) is 7.85. The number of rotatable bonds is 5. The molecule has 1 unspecified atom stereocenters. The fourth-order valence-electron chi connectivity index (χ4n) is 3.57. The van der Waals surface area contributed by atoms with Gasteiger partial charge >= 0.3 is 0 Å². The Morgan fingerprint density at radius 1 is 1.30 bits per heavy atom. The number of carbonyl (C=O) groups is 2. The van der Waals surface area contributed by atoms with Crippen molar-refractivity contribution in [3.63, 3.8) is 0 Å². The Kier molecular flexibility index (Phi) is 5.03. The first-order valence-electron chi connectivity index (χ1n) is 9.78. The van der Waals surface area contributed by atoms with Crippen LogP contribution in [0.1, 0.15) is 44.1 Å². The minimum Gasteiger partial charge on any atom is -0.351 e. The Morgan fingerprint density at radius 2 is 2.10 bits per heavy atom. The van der Waals surface area contributed by atoms with E-state index in [4.69, 9.17) is 4.98 Å². The first-order valence-corrected chi connectivity index (χ1v) is 9.78. The molecule has 3 aromatic heterocycles. The van der Waals surface area contributed by atoms with E-state index in [9.17, 15) is 9.59 Å². The number of aliphatic imine (C=N–C) groups is 1.